The summed E-state index contributed by atoms with van der Waals surface area (Å²) in [6, 6.07) is -3.83. The van der Waals surface area contributed by atoms with Crippen LogP contribution in [0, 0.1) is 0 Å². The Morgan fingerprint density at radius 3 is 2.55 bits per heavy atom. The van der Waals surface area contributed by atoms with Crippen molar-refractivity contribution in [1.29, 1.82) is 0 Å². The largest absolute Gasteiger partial charge is 0.450 e. The molecule has 0 saturated carbocycles. The van der Waals surface area contributed by atoms with E-state index in [9.17, 15) is 18.0 Å². The van der Waals surface area contributed by atoms with E-state index in [2.05, 4.69) is 4.74 Å². The van der Waals surface area contributed by atoms with Gasteiger partial charge in [-0.15, -0.1) is 0 Å². The molecule has 6 heteroatoms. The average molecular weight is 171 g/mol. The molecule has 1 N–H and O–H groups in total. The normalized spacial score (nSPS) is 10.9. The predicted octanol–water partition coefficient (Wildman–Crippen LogP) is 1.29. The van der Waals surface area contributed by atoms with Gasteiger partial charge >= 0.3 is 12.1 Å². The summed E-state index contributed by atoms with van der Waals surface area (Å²) in [7, 11) is 0. The molecule has 0 spiro atoms. The van der Waals surface area contributed by atoms with Gasteiger partial charge < -0.3 is 4.74 Å². The van der Waals surface area contributed by atoms with Gasteiger partial charge in [-0.25, -0.2) is 9.18 Å². The van der Waals surface area contributed by atoms with Gasteiger partial charge in [0.25, 0.3) is 0 Å². The molecule has 0 unspecified atom stereocenters. The van der Waals surface area contributed by atoms with E-state index in [1.165, 1.54) is 6.92 Å². The molecular formula is C5H8F3NO2. The van der Waals surface area contributed by atoms with Crippen molar-refractivity contribution in [3.05, 3.63) is 0 Å². The van der Waals surface area contributed by atoms with Crippen molar-refractivity contribution in [2.75, 3.05) is 13.3 Å². The second-order valence-corrected chi connectivity index (χ2v) is 1.68. The number of rotatable bonds is 3. The van der Waals surface area contributed by atoms with Crippen molar-refractivity contribution in [3.8, 4) is 0 Å². The predicted molar refractivity (Wildman–Crippen MR) is 31.1 cm³/mol. The number of halogens is 3. The fraction of sp³-hybridized carbons (Fsp3) is 0.800. The van der Waals surface area contributed by atoms with E-state index >= 15 is 0 Å². The number of amides is 1. The van der Waals surface area contributed by atoms with E-state index in [1.807, 2.05) is 0 Å². The zero-order valence-electron chi connectivity index (χ0n) is 5.86. The van der Waals surface area contributed by atoms with E-state index in [1.54, 1.807) is 0 Å². The molecule has 11 heavy (non-hydrogen) atoms. The number of ether oxygens (including phenoxy) is 1. The molecule has 0 rings (SSSR count). The third kappa shape index (κ3) is 4.46. The molecular weight excluding hydrogens is 163 g/mol. The number of alkyl carbamates (subject to hydrolysis) is 1. The van der Waals surface area contributed by atoms with E-state index < -0.39 is 18.8 Å². The number of carbonyl (C=O) groups is 1. The van der Waals surface area contributed by atoms with Crippen LogP contribution in [0.4, 0.5) is 18.0 Å². The van der Waals surface area contributed by atoms with Gasteiger partial charge in [-0.05, 0) is 6.92 Å². The minimum Gasteiger partial charge on any atom is -0.450 e. The average Bonchev–Trinajstić information content (AvgIpc) is 1.87. The topological polar surface area (TPSA) is 38.3 Å². The first-order valence-corrected chi connectivity index (χ1v) is 2.90. The lowest BCUT2D eigenvalue weighted by atomic mass is 10.6. The summed E-state index contributed by atoms with van der Waals surface area (Å²) in [5, 5.41) is 1.04. The molecule has 0 fully saturated rings. The first-order chi connectivity index (χ1) is 5.02. The van der Waals surface area contributed by atoms with Crippen molar-refractivity contribution in [3.63, 3.8) is 0 Å². The van der Waals surface area contributed by atoms with Gasteiger partial charge in [-0.1, -0.05) is 0 Å². The molecule has 0 aliphatic rings. The van der Waals surface area contributed by atoms with E-state index in [0.29, 0.717) is 0 Å². The summed E-state index contributed by atoms with van der Waals surface area (Å²) in [6.07, 6.45) is -1.32. The minimum atomic E-state index is -3.83. The third-order valence-electron chi connectivity index (χ3n) is 0.728. The van der Waals surface area contributed by atoms with Gasteiger partial charge in [-0.2, -0.15) is 8.78 Å². The molecule has 0 radical (unpaired) electrons. The van der Waals surface area contributed by atoms with Gasteiger partial charge in [0.05, 0.1) is 6.61 Å². The highest BCUT2D eigenvalue weighted by Gasteiger charge is 2.31. The van der Waals surface area contributed by atoms with Crippen molar-refractivity contribution in [2.24, 2.45) is 0 Å². The Balaban J connectivity index is 3.74. The summed E-state index contributed by atoms with van der Waals surface area (Å²) in [5.41, 5.74) is 0. The van der Waals surface area contributed by atoms with Crippen molar-refractivity contribution >= 4 is 6.09 Å². The van der Waals surface area contributed by atoms with E-state index in [4.69, 9.17) is 0 Å². The lowest BCUT2D eigenvalue weighted by Gasteiger charge is -2.12. The van der Waals surface area contributed by atoms with E-state index in [0.717, 1.165) is 5.32 Å². The van der Waals surface area contributed by atoms with Gasteiger partial charge in [0, 0.05) is 0 Å². The van der Waals surface area contributed by atoms with Gasteiger partial charge in [0.2, 0.25) is 0 Å². The van der Waals surface area contributed by atoms with Crippen LogP contribution in [-0.4, -0.2) is 25.4 Å². The molecule has 0 atom stereocenters. The molecule has 3 nitrogen and oxygen atoms in total. The molecule has 0 bridgehead atoms. The van der Waals surface area contributed by atoms with Crippen LogP contribution in [0.1, 0.15) is 6.92 Å². The summed E-state index contributed by atoms with van der Waals surface area (Å²) < 4.78 is 39.3. The van der Waals surface area contributed by atoms with Crippen LogP contribution in [-0.2, 0) is 4.74 Å². The quantitative estimate of drug-likeness (QED) is 0.650. The maximum absolute atomic E-state index is 11.9. The Morgan fingerprint density at radius 2 is 2.18 bits per heavy atom. The number of nitrogens with one attached hydrogen (secondary N) is 1. The van der Waals surface area contributed by atoms with Crippen LogP contribution in [0.25, 0.3) is 0 Å². The maximum atomic E-state index is 11.9. The van der Waals surface area contributed by atoms with Crippen LogP contribution >= 0.6 is 0 Å². The number of carbonyl (C=O) groups excluding carboxylic acids is 1. The zero-order valence-corrected chi connectivity index (χ0v) is 5.86. The molecule has 66 valence electrons. The van der Waals surface area contributed by atoms with Crippen molar-refractivity contribution < 1.29 is 22.7 Å². The summed E-state index contributed by atoms with van der Waals surface area (Å²) in [6.45, 7) is -0.521. The smallest absolute Gasteiger partial charge is 0.411 e. The summed E-state index contributed by atoms with van der Waals surface area (Å²) >= 11 is 0. The van der Waals surface area contributed by atoms with Gasteiger partial charge in [-0.3, -0.25) is 5.32 Å². The van der Waals surface area contributed by atoms with Gasteiger partial charge in [0.15, 0.2) is 6.67 Å². The highest BCUT2D eigenvalue weighted by atomic mass is 19.3. The molecule has 0 aliphatic carbocycles. The number of hydrogen-bond donors (Lipinski definition) is 1. The zero-order chi connectivity index (χ0) is 8.91. The second-order valence-electron chi connectivity index (χ2n) is 1.68. The monoisotopic (exact) mass is 171 g/mol. The molecule has 0 heterocycles. The summed E-state index contributed by atoms with van der Waals surface area (Å²) in [4.78, 5) is 10.2. The summed E-state index contributed by atoms with van der Waals surface area (Å²) in [5.74, 6) is 0. The highest BCUT2D eigenvalue weighted by Crippen LogP contribution is 2.08. The van der Waals surface area contributed by atoms with Crippen LogP contribution in [0.2, 0.25) is 0 Å². The molecule has 1 amide bonds. The fourth-order valence-electron chi connectivity index (χ4n) is 0.350. The Bertz CT molecular complexity index is 140. The molecule has 0 aromatic carbocycles. The number of hydrogen-bond acceptors (Lipinski definition) is 2. The lowest BCUT2D eigenvalue weighted by molar-refractivity contribution is -0.0508. The maximum Gasteiger partial charge on any atom is 0.411 e. The highest BCUT2D eigenvalue weighted by molar-refractivity contribution is 5.67. The molecule has 0 saturated heterocycles. The minimum absolute atomic E-state index is 0.0335. The first-order valence-electron chi connectivity index (χ1n) is 2.90. The third-order valence-corrected chi connectivity index (χ3v) is 0.728. The van der Waals surface area contributed by atoms with Crippen LogP contribution in [0.5, 0.6) is 0 Å². The fourth-order valence-corrected chi connectivity index (χ4v) is 0.350. The Hall–Kier alpha value is -0.940. The van der Waals surface area contributed by atoms with E-state index in [-0.39, 0.29) is 6.61 Å². The SMILES string of the molecule is CCOC(=O)NC(F)(F)CF. The van der Waals surface area contributed by atoms with Gasteiger partial charge in [0.1, 0.15) is 0 Å². The van der Waals surface area contributed by atoms with Crippen molar-refractivity contribution in [2.45, 2.75) is 13.0 Å². The Kier molecular flexibility index (Phi) is 3.70. The molecule has 0 aromatic rings. The lowest BCUT2D eigenvalue weighted by Crippen LogP contribution is -2.43. The van der Waals surface area contributed by atoms with Crippen LogP contribution in [0.3, 0.4) is 0 Å². The second kappa shape index (κ2) is 4.05. The number of alkyl halides is 3. The van der Waals surface area contributed by atoms with Crippen LogP contribution < -0.4 is 5.32 Å². The standard InChI is InChI=1S/C5H8F3NO2/c1-2-11-4(10)9-5(7,8)3-6/h2-3H2,1H3,(H,9,10). The Morgan fingerprint density at radius 1 is 1.64 bits per heavy atom. The Labute approximate surface area is 61.5 Å². The first kappa shape index (κ1) is 10.1. The molecule has 0 aromatic heterocycles. The van der Waals surface area contributed by atoms with Crippen molar-refractivity contribution in [1.82, 2.24) is 5.32 Å². The molecule has 0 aliphatic heterocycles. The van der Waals surface area contributed by atoms with Crippen LogP contribution in [0.15, 0.2) is 0 Å².